The molecule has 2 rings (SSSR count). The van der Waals surface area contributed by atoms with Crippen LogP contribution in [0.25, 0.3) is 5.69 Å². The molecule has 0 aliphatic rings. The third-order valence-electron chi connectivity index (χ3n) is 2.34. The minimum Gasteiger partial charge on any atom is -0.387 e. The van der Waals surface area contributed by atoms with Crippen LogP contribution >= 0.6 is 0 Å². The zero-order chi connectivity index (χ0) is 12.1. The van der Waals surface area contributed by atoms with E-state index in [0.717, 1.165) is 11.3 Å². The zero-order valence-electron chi connectivity index (χ0n) is 9.21. The molecule has 2 N–H and O–H groups in total. The van der Waals surface area contributed by atoms with Crippen molar-refractivity contribution < 1.29 is 9.90 Å². The van der Waals surface area contributed by atoms with Crippen molar-refractivity contribution in [3.8, 4) is 5.69 Å². The van der Waals surface area contributed by atoms with Gasteiger partial charge in [-0.2, -0.15) is 5.10 Å². The third-order valence-corrected chi connectivity index (χ3v) is 2.34. The summed E-state index contributed by atoms with van der Waals surface area (Å²) < 4.78 is 1.76. The van der Waals surface area contributed by atoms with E-state index in [9.17, 15) is 4.79 Å². The third kappa shape index (κ3) is 2.92. The molecule has 1 aromatic carbocycles. The highest BCUT2D eigenvalue weighted by Crippen LogP contribution is 2.08. The molecular formula is C12H13N3O2. The summed E-state index contributed by atoms with van der Waals surface area (Å²) in [5, 5.41) is 15.3. The van der Waals surface area contributed by atoms with Crippen molar-refractivity contribution >= 4 is 5.91 Å². The van der Waals surface area contributed by atoms with E-state index in [1.54, 1.807) is 10.9 Å². The number of amides is 1. The van der Waals surface area contributed by atoms with Crippen LogP contribution in [0.1, 0.15) is 5.56 Å². The van der Waals surface area contributed by atoms with E-state index in [0.29, 0.717) is 6.54 Å². The van der Waals surface area contributed by atoms with Gasteiger partial charge in [0.2, 0.25) is 5.91 Å². The van der Waals surface area contributed by atoms with Gasteiger partial charge in [-0.1, -0.05) is 12.1 Å². The summed E-state index contributed by atoms with van der Waals surface area (Å²) in [6, 6.07) is 9.53. The molecule has 1 aromatic heterocycles. The Hall–Kier alpha value is -2.14. The maximum Gasteiger partial charge on any atom is 0.245 e. The van der Waals surface area contributed by atoms with E-state index in [4.69, 9.17) is 5.11 Å². The fourth-order valence-electron chi connectivity index (χ4n) is 1.44. The number of rotatable bonds is 4. The lowest BCUT2D eigenvalue weighted by Gasteiger charge is -2.05. The van der Waals surface area contributed by atoms with Crippen LogP contribution in [0.2, 0.25) is 0 Å². The van der Waals surface area contributed by atoms with Gasteiger partial charge < -0.3 is 10.4 Å². The number of aliphatic hydroxyl groups excluding tert-OH is 1. The Balaban J connectivity index is 2.01. The second-order valence-electron chi connectivity index (χ2n) is 3.55. The van der Waals surface area contributed by atoms with Crippen LogP contribution in [-0.4, -0.2) is 27.4 Å². The number of carbonyl (C=O) groups excluding carboxylic acids is 1. The largest absolute Gasteiger partial charge is 0.387 e. The zero-order valence-corrected chi connectivity index (χ0v) is 9.21. The predicted molar refractivity (Wildman–Crippen MR) is 62.5 cm³/mol. The second-order valence-corrected chi connectivity index (χ2v) is 3.55. The summed E-state index contributed by atoms with van der Waals surface area (Å²) in [6.07, 6.45) is 3.58. The fourth-order valence-corrected chi connectivity index (χ4v) is 1.44. The number of aromatic nitrogens is 2. The SMILES string of the molecule is O=C(CO)NCc1ccc(-n2cccn2)cc1. The summed E-state index contributed by atoms with van der Waals surface area (Å²) in [4.78, 5) is 10.9. The molecule has 88 valence electrons. The maximum atomic E-state index is 10.9. The molecule has 0 aliphatic carbocycles. The fraction of sp³-hybridized carbons (Fsp3) is 0.167. The number of nitrogens with one attached hydrogen (secondary N) is 1. The molecule has 0 radical (unpaired) electrons. The van der Waals surface area contributed by atoms with E-state index in [-0.39, 0.29) is 5.91 Å². The standard InChI is InChI=1S/C12H13N3O2/c16-9-12(17)13-8-10-2-4-11(5-3-10)15-7-1-6-14-15/h1-7,16H,8-9H2,(H,13,17). The molecule has 0 fully saturated rings. The monoisotopic (exact) mass is 231 g/mol. The van der Waals surface area contributed by atoms with E-state index >= 15 is 0 Å². The molecule has 5 heteroatoms. The lowest BCUT2D eigenvalue weighted by atomic mass is 10.2. The molecule has 2 aromatic rings. The molecule has 17 heavy (non-hydrogen) atoms. The van der Waals surface area contributed by atoms with Crippen molar-refractivity contribution in [1.29, 1.82) is 0 Å². The van der Waals surface area contributed by atoms with Gasteiger partial charge in [0, 0.05) is 18.9 Å². The molecule has 0 saturated heterocycles. The summed E-state index contributed by atoms with van der Waals surface area (Å²) in [7, 11) is 0. The average Bonchev–Trinajstić information content (AvgIpc) is 2.90. The summed E-state index contributed by atoms with van der Waals surface area (Å²) >= 11 is 0. The molecule has 0 aliphatic heterocycles. The first-order valence-corrected chi connectivity index (χ1v) is 5.26. The topological polar surface area (TPSA) is 67.2 Å². The van der Waals surface area contributed by atoms with E-state index in [1.807, 2.05) is 36.5 Å². The van der Waals surface area contributed by atoms with Crippen molar-refractivity contribution in [2.24, 2.45) is 0 Å². The van der Waals surface area contributed by atoms with Crippen LogP contribution in [0.3, 0.4) is 0 Å². The molecule has 0 atom stereocenters. The Bertz CT molecular complexity index is 477. The normalized spacial score (nSPS) is 10.2. The summed E-state index contributed by atoms with van der Waals surface area (Å²) in [5.74, 6) is -0.374. The van der Waals surface area contributed by atoms with Gasteiger partial charge in [-0.15, -0.1) is 0 Å². The van der Waals surface area contributed by atoms with Crippen molar-refractivity contribution in [3.05, 3.63) is 48.3 Å². The Labute approximate surface area is 98.7 Å². The molecule has 0 saturated carbocycles. The van der Waals surface area contributed by atoms with Gasteiger partial charge in [0.15, 0.2) is 0 Å². The maximum absolute atomic E-state index is 10.9. The van der Waals surface area contributed by atoms with Gasteiger partial charge in [0.05, 0.1) is 5.69 Å². The van der Waals surface area contributed by atoms with Crippen LogP contribution in [0.4, 0.5) is 0 Å². The molecule has 0 bridgehead atoms. The Morgan fingerprint density at radius 1 is 1.35 bits per heavy atom. The van der Waals surface area contributed by atoms with E-state index in [2.05, 4.69) is 10.4 Å². The van der Waals surface area contributed by atoms with E-state index in [1.165, 1.54) is 0 Å². The predicted octanol–water partition coefficient (Wildman–Crippen LogP) is 0.481. The van der Waals surface area contributed by atoms with Crippen LogP contribution in [0.5, 0.6) is 0 Å². The highest BCUT2D eigenvalue weighted by atomic mass is 16.3. The van der Waals surface area contributed by atoms with Gasteiger partial charge in [-0.3, -0.25) is 4.79 Å². The van der Waals surface area contributed by atoms with Crippen molar-refractivity contribution in [3.63, 3.8) is 0 Å². The molecule has 1 amide bonds. The van der Waals surface area contributed by atoms with Crippen molar-refractivity contribution in [2.75, 3.05) is 6.61 Å². The molecule has 1 heterocycles. The van der Waals surface area contributed by atoms with Crippen LogP contribution < -0.4 is 5.32 Å². The minimum absolute atomic E-state index is 0.374. The highest BCUT2D eigenvalue weighted by Gasteiger charge is 1.99. The first-order valence-electron chi connectivity index (χ1n) is 5.26. The minimum atomic E-state index is -0.481. The van der Waals surface area contributed by atoms with Gasteiger partial charge in [0.1, 0.15) is 6.61 Å². The second kappa shape index (κ2) is 5.27. The highest BCUT2D eigenvalue weighted by molar-refractivity contribution is 5.76. The number of nitrogens with zero attached hydrogens (tertiary/aromatic N) is 2. The smallest absolute Gasteiger partial charge is 0.245 e. The molecule has 5 nitrogen and oxygen atoms in total. The van der Waals surface area contributed by atoms with Gasteiger partial charge >= 0.3 is 0 Å². The molecule has 0 spiro atoms. The van der Waals surface area contributed by atoms with Crippen molar-refractivity contribution in [2.45, 2.75) is 6.54 Å². The summed E-state index contributed by atoms with van der Waals surface area (Å²) in [5.41, 5.74) is 1.94. The molecule has 0 unspecified atom stereocenters. The number of benzene rings is 1. The number of hydrogen-bond donors (Lipinski definition) is 2. The number of aliphatic hydroxyl groups is 1. The first kappa shape index (κ1) is 11.3. The van der Waals surface area contributed by atoms with Gasteiger partial charge in [-0.25, -0.2) is 4.68 Å². The van der Waals surface area contributed by atoms with Crippen molar-refractivity contribution in [1.82, 2.24) is 15.1 Å². The van der Waals surface area contributed by atoms with Crippen LogP contribution in [-0.2, 0) is 11.3 Å². The van der Waals surface area contributed by atoms with E-state index < -0.39 is 6.61 Å². The Morgan fingerprint density at radius 3 is 2.71 bits per heavy atom. The molecular weight excluding hydrogens is 218 g/mol. The first-order chi connectivity index (χ1) is 8.29. The van der Waals surface area contributed by atoms with Gasteiger partial charge in [-0.05, 0) is 23.8 Å². The summed E-state index contributed by atoms with van der Waals surface area (Å²) in [6.45, 7) is -0.0653. The quantitative estimate of drug-likeness (QED) is 0.804. The number of hydrogen-bond acceptors (Lipinski definition) is 3. The van der Waals surface area contributed by atoms with Crippen LogP contribution in [0.15, 0.2) is 42.7 Å². The lowest BCUT2D eigenvalue weighted by molar-refractivity contribution is -0.123. The Kier molecular flexibility index (Phi) is 3.52. The van der Waals surface area contributed by atoms with Gasteiger partial charge in [0.25, 0.3) is 0 Å². The lowest BCUT2D eigenvalue weighted by Crippen LogP contribution is -2.25. The average molecular weight is 231 g/mol. The number of carbonyl (C=O) groups is 1. The van der Waals surface area contributed by atoms with Crippen LogP contribution in [0, 0.1) is 0 Å². The Morgan fingerprint density at radius 2 is 2.12 bits per heavy atom.